The molecular formula is C14H23N3O3S. The maximum atomic E-state index is 11.9. The zero-order valence-corrected chi connectivity index (χ0v) is 13.5. The third-order valence-corrected chi connectivity index (χ3v) is 4.69. The molecule has 7 heteroatoms. The molecule has 1 aromatic rings. The number of para-hydroxylation sites is 1. The molecule has 0 bridgehead atoms. The third kappa shape index (κ3) is 4.71. The van der Waals surface area contributed by atoms with Gasteiger partial charge in [0.15, 0.2) is 0 Å². The van der Waals surface area contributed by atoms with E-state index in [0.29, 0.717) is 31.7 Å². The Morgan fingerprint density at radius 2 is 1.81 bits per heavy atom. The summed E-state index contributed by atoms with van der Waals surface area (Å²) in [6, 6.07) is 6.63. The molecule has 0 saturated carbocycles. The number of hydrogen-bond acceptors (Lipinski definition) is 4. The van der Waals surface area contributed by atoms with E-state index < -0.39 is 10.0 Å². The van der Waals surface area contributed by atoms with Gasteiger partial charge in [0.25, 0.3) is 0 Å². The summed E-state index contributed by atoms with van der Waals surface area (Å²) in [5.74, 6) is 0.0569. The molecule has 0 aliphatic rings. The zero-order chi connectivity index (χ0) is 15.9. The summed E-state index contributed by atoms with van der Waals surface area (Å²) in [5, 5.41) is 3.02. The highest BCUT2D eigenvalue weighted by Gasteiger charge is 2.16. The average molecular weight is 313 g/mol. The van der Waals surface area contributed by atoms with Crippen molar-refractivity contribution in [2.24, 2.45) is 0 Å². The normalized spacial score (nSPS) is 11.2. The van der Waals surface area contributed by atoms with Crippen LogP contribution in [0.4, 0.5) is 5.69 Å². The van der Waals surface area contributed by atoms with E-state index in [1.54, 1.807) is 23.1 Å². The molecule has 1 amide bonds. The summed E-state index contributed by atoms with van der Waals surface area (Å²) in [4.78, 5) is 13.8. The molecule has 0 aliphatic heterocycles. The van der Waals surface area contributed by atoms with Gasteiger partial charge in [-0.05, 0) is 33.0 Å². The predicted molar refractivity (Wildman–Crippen MR) is 83.7 cm³/mol. The number of sulfonamides is 1. The number of rotatable bonds is 8. The summed E-state index contributed by atoms with van der Waals surface area (Å²) in [6.45, 7) is 5.62. The molecule has 0 spiro atoms. The van der Waals surface area contributed by atoms with Crippen LogP contribution < -0.4 is 10.0 Å². The minimum absolute atomic E-state index is 0.0569. The number of benzene rings is 1. The largest absolute Gasteiger partial charge is 0.383 e. The highest BCUT2D eigenvalue weighted by molar-refractivity contribution is 7.89. The highest BCUT2D eigenvalue weighted by atomic mass is 32.2. The minimum Gasteiger partial charge on any atom is -0.383 e. The van der Waals surface area contributed by atoms with E-state index in [9.17, 15) is 13.2 Å². The fraction of sp³-hybridized carbons (Fsp3) is 0.500. The molecule has 0 aromatic heterocycles. The van der Waals surface area contributed by atoms with Gasteiger partial charge in [-0.2, -0.15) is 0 Å². The summed E-state index contributed by atoms with van der Waals surface area (Å²) < 4.78 is 26.1. The fourth-order valence-corrected chi connectivity index (χ4v) is 2.90. The van der Waals surface area contributed by atoms with Gasteiger partial charge in [-0.25, -0.2) is 13.1 Å². The van der Waals surface area contributed by atoms with Crippen LogP contribution in [0, 0.1) is 0 Å². The Hall–Kier alpha value is -1.60. The van der Waals surface area contributed by atoms with E-state index in [2.05, 4.69) is 10.0 Å². The Labute approximate surface area is 126 Å². The van der Waals surface area contributed by atoms with Crippen LogP contribution in [-0.4, -0.2) is 45.9 Å². The summed E-state index contributed by atoms with van der Waals surface area (Å²) in [5.41, 5.74) is 0.499. The van der Waals surface area contributed by atoms with Crippen molar-refractivity contribution in [3.05, 3.63) is 24.3 Å². The molecule has 0 atom stereocenters. The smallest absolute Gasteiger partial charge is 0.242 e. The first-order chi connectivity index (χ1) is 9.96. The van der Waals surface area contributed by atoms with Crippen LogP contribution >= 0.6 is 0 Å². The van der Waals surface area contributed by atoms with Gasteiger partial charge < -0.3 is 10.2 Å². The zero-order valence-electron chi connectivity index (χ0n) is 12.7. The second kappa shape index (κ2) is 7.99. The van der Waals surface area contributed by atoms with E-state index in [4.69, 9.17) is 0 Å². The Bertz CT molecular complexity index is 569. The van der Waals surface area contributed by atoms with Crippen LogP contribution in [0.15, 0.2) is 29.2 Å². The van der Waals surface area contributed by atoms with Crippen molar-refractivity contribution < 1.29 is 13.2 Å². The third-order valence-electron chi connectivity index (χ3n) is 3.22. The Morgan fingerprint density at radius 1 is 1.19 bits per heavy atom. The molecule has 0 radical (unpaired) electrons. The van der Waals surface area contributed by atoms with E-state index in [-0.39, 0.29) is 10.8 Å². The maximum absolute atomic E-state index is 11.9. The first kappa shape index (κ1) is 17.5. The van der Waals surface area contributed by atoms with Gasteiger partial charge in [0.2, 0.25) is 15.9 Å². The molecule has 1 aromatic carbocycles. The molecular weight excluding hydrogens is 290 g/mol. The van der Waals surface area contributed by atoms with Crippen LogP contribution in [0.25, 0.3) is 0 Å². The van der Waals surface area contributed by atoms with Crippen molar-refractivity contribution in [2.75, 3.05) is 32.0 Å². The van der Waals surface area contributed by atoms with Crippen molar-refractivity contribution in [1.29, 1.82) is 0 Å². The lowest BCUT2D eigenvalue weighted by atomic mass is 10.3. The molecule has 0 saturated heterocycles. The minimum atomic E-state index is -3.51. The van der Waals surface area contributed by atoms with Gasteiger partial charge in [0, 0.05) is 26.1 Å². The number of anilines is 1. The monoisotopic (exact) mass is 313 g/mol. The number of carbonyl (C=O) groups is 1. The van der Waals surface area contributed by atoms with Gasteiger partial charge in [0.05, 0.1) is 5.69 Å². The van der Waals surface area contributed by atoms with Crippen LogP contribution in [0.1, 0.15) is 20.3 Å². The van der Waals surface area contributed by atoms with Crippen molar-refractivity contribution in [2.45, 2.75) is 25.2 Å². The predicted octanol–water partition coefficient (Wildman–Crippen LogP) is 1.27. The topological polar surface area (TPSA) is 78.5 Å². The Morgan fingerprint density at radius 3 is 2.38 bits per heavy atom. The first-order valence-electron chi connectivity index (χ1n) is 7.00. The Kier molecular flexibility index (Phi) is 6.64. The average Bonchev–Trinajstić information content (AvgIpc) is 2.49. The lowest BCUT2D eigenvalue weighted by Gasteiger charge is -2.19. The summed E-state index contributed by atoms with van der Waals surface area (Å²) >= 11 is 0. The van der Waals surface area contributed by atoms with Gasteiger partial charge >= 0.3 is 0 Å². The second-order valence-corrected chi connectivity index (χ2v) is 6.30. The molecule has 0 heterocycles. The fourth-order valence-electron chi connectivity index (χ4n) is 2.00. The van der Waals surface area contributed by atoms with Gasteiger partial charge in [0.1, 0.15) is 4.90 Å². The van der Waals surface area contributed by atoms with E-state index in [1.165, 1.54) is 13.1 Å². The first-order valence-corrected chi connectivity index (χ1v) is 8.48. The lowest BCUT2D eigenvalue weighted by Crippen LogP contribution is -2.31. The standard InChI is InChI=1S/C14H23N3O3S/c1-4-17(5-2)14(18)10-11-16-12-8-6-7-9-13(12)21(19,20)15-3/h6-9,15-16H,4-5,10-11H2,1-3H3. The summed E-state index contributed by atoms with van der Waals surface area (Å²) in [7, 11) is -2.14. The van der Waals surface area contributed by atoms with Crippen LogP contribution in [0.5, 0.6) is 0 Å². The second-order valence-electron chi connectivity index (χ2n) is 4.45. The lowest BCUT2D eigenvalue weighted by molar-refractivity contribution is -0.130. The number of nitrogens with one attached hydrogen (secondary N) is 2. The molecule has 118 valence electrons. The molecule has 6 nitrogen and oxygen atoms in total. The van der Waals surface area contributed by atoms with Gasteiger partial charge in [-0.15, -0.1) is 0 Å². The number of amides is 1. The molecule has 0 aliphatic carbocycles. The Balaban J connectivity index is 2.71. The van der Waals surface area contributed by atoms with Crippen molar-refractivity contribution in [1.82, 2.24) is 9.62 Å². The molecule has 21 heavy (non-hydrogen) atoms. The highest BCUT2D eigenvalue weighted by Crippen LogP contribution is 2.20. The maximum Gasteiger partial charge on any atom is 0.242 e. The summed E-state index contributed by atoms with van der Waals surface area (Å²) in [6.07, 6.45) is 0.329. The van der Waals surface area contributed by atoms with Crippen LogP contribution in [0.3, 0.4) is 0 Å². The van der Waals surface area contributed by atoms with E-state index >= 15 is 0 Å². The molecule has 0 unspecified atom stereocenters. The van der Waals surface area contributed by atoms with Crippen LogP contribution in [0.2, 0.25) is 0 Å². The van der Waals surface area contributed by atoms with Gasteiger partial charge in [-0.1, -0.05) is 12.1 Å². The SMILES string of the molecule is CCN(CC)C(=O)CCNc1ccccc1S(=O)(=O)NC. The quantitative estimate of drug-likeness (QED) is 0.757. The van der Waals surface area contributed by atoms with E-state index in [0.717, 1.165) is 0 Å². The number of hydrogen-bond donors (Lipinski definition) is 2. The molecule has 1 rings (SSSR count). The molecule has 2 N–H and O–H groups in total. The van der Waals surface area contributed by atoms with Crippen LogP contribution in [-0.2, 0) is 14.8 Å². The van der Waals surface area contributed by atoms with E-state index in [1.807, 2.05) is 13.8 Å². The van der Waals surface area contributed by atoms with Crippen molar-refractivity contribution in [3.63, 3.8) is 0 Å². The number of nitrogens with zero attached hydrogens (tertiary/aromatic N) is 1. The van der Waals surface area contributed by atoms with Crippen molar-refractivity contribution >= 4 is 21.6 Å². The van der Waals surface area contributed by atoms with Crippen molar-refractivity contribution in [3.8, 4) is 0 Å². The number of carbonyl (C=O) groups excluding carboxylic acids is 1. The molecule has 0 fully saturated rings. The van der Waals surface area contributed by atoms with Gasteiger partial charge in [-0.3, -0.25) is 4.79 Å².